The Kier molecular flexibility index (Phi) is 9.79. The van der Waals surface area contributed by atoms with Crippen LogP contribution in [0, 0.1) is 4.77 Å². The van der Waals surface area contributed by atoms with Crippen molar-refractivity contribution in [3.8, 4) is 0 Å². The van der Waals surface area contributed by atoms with Crippen molar-refractivity contribution in [2.75, 3.05) is 0 Å². The minimum Gasteiger partial charge on any atom is -0.309 e. The maximum Gasteiger partial charge on any atom is 0.460 e. The summed E-state index contributed by atoms with van der Waals surface area (Å²) in [6.07, 6.45) is -8.03. The van der Waals surface area contributed by atoms with E-state index < -0.39 is 86.9 Å². The van der Waals surface area contributed by atoms with Gasteiger partial charge in [0.25, 0.3) is 0 Å². The van der Waals surface area contributed by atoms with Crippen molar-refractivity contribution in [3.05, 3.63) is 4.77 Å². The summed E-state index contributed by atoms with van der Waals surface area (Å²) in [5.74, 6) is -77.5. The highest BCUT2D eigenvalue weighted by Gasteiger charge is 2.97. The molecule has 2 nitrogen and oxygen atoms in total. The third-order valence-electron chi connectivity index (χ3n) is 5.57. The molecule has 0 radical (unpaired) electrons. The summed E-state index contributed by atoms with van der Waals surface area (Å²) in [4.78, 5) is 0. The van der Waals surface area contributed by atoms with E-state index in [9.17, 15) is 92.2 Å². The molecule has 1 aromatic rings. The predicted molar refractivity (Wildman–Crippen MR) is 109 cm³/mol. The zero-order valence-electron chi connectivity index (χ0n) is 19.9. The van der Waals surface area contributed by atoms with Gasteiger partial charge in [0.1, 0.15) is 10.1 Å². The van der Waals surface area contributed by atoms with Gasteiger partial charge >= 0.3 is 59.5 Å². The second kappa shape index (κ2) is 10.6. The van der Waals surface area contributed by atoms with E-state index in [1.807, 2.05) is 0 Å². The summed E-state index contributed by atoms with van der Waals surface area (Å²) in [5, 5.41) is -1.58. The molecule has 26 heteroatoms. The number of alkyl halides is 21. The first-order valence-electron chi connectivity index (χ1n) is 10.1. The van der Waals surface area contributed by atoms with Gasteiger partial charge in [0.2, 0.25) is 0 Å². The van der Waals surface area contributed by atoms with Crippen molar-refractivity contribution in [2.45, 2.75) is 96.0 Å². The summed E-state index contributed by atoms with van der Waals surface area (Å²) >= 11 is 11.7. The Morgan fingerprint density at radius 2 is 0.791 bits per heavy atom. The van der Waals surface area contributed by atoms with Gasteiger partial charge in [-0.15, -0.1) is 25.3 Å². The SMILES string of the molecule is CC(C)n1c(S)c(S)n(CC(F)(F)C(F)(F)C(F)(F)C(F)(F)C(F)(F)C(F)(F)C(F)(F)C(F)(F)C(F)(F)C(F)(F)F)c1=S. The van der Waals surface area contributed by atoms with Gasteiger partial charge in [0, 0.05) is 6.04 Å². The lowest BCUT2D eigenvalue weighted by Crippen LogP contribution is -2.77. The van der Waals surface area contributed by atoms with Crippen molar-refractivity contribution >= 4 is 37.5 Å². The Bertz CT molecular complexity index is 1260. The minimum absolute atomic E-state index is 0.344. The molecule has 0 spiro atoms. The van der Waals surface area contributed by atoms with Gasteiger partial charge in [-0.3, -0.25) is 0 Å². The number of nitrogens with zero attached hydrogens (tertiary/aromatic N) is 2. The average molecular weight is 738 g/mol. The van der Waals surface area contributed by atoms with E-state index in [-0.39, 0.29) is 4.57 Å². The van der Waals surface area contributed by atoms with Gasteiger partial charge in [-0.2, -0.15) is 92.2 Å². The van der Waals surface area contributed by atoms with Crippen LogP contribution in [0.3, 0.4) is 0 Å². The molecule has 0 N–H and O–H groups in total. The topological polar surface area (TPSA) is 9.86 Å². The number of halogens is 21. The quantitative estimate of drug-likeness (QED) is 0.131. The number of thiol groups is 2. The molecule has 0 unspecified atom stereocenters. The fourth-order valence-electron chi connectivity index (χ4n) is 3.04. The van der Waals surface area contributed by atoms with Crippen molar-refractivity contribution in [3.63, 3.8) is 0 Å². The zero-order valence-corrected chi connectivity index (χ0v) is 22.5. The van der Waals surface area contributed by atoms with Gasteiger partial charge < -0.3 is 9.13 Å². The maximum atomic E-state index is 14.4. The van der Waals surface area contributed by atoms with E-state index in [1.54, 1.807) is 0 Å². The molecule has 1 heterocycles. The molecule has 0 saturated heterocycles. The van der Waals surface area contributed by atoms with Crippen LogP contribution in [0.5, 0.6) is 0 Å². The van der Waals surface area contributed by atoms with Crippen molar-refractivity contribution in [1.82, 2.24) is 9.13 Å². The van der Waals surface area contributed by atoms with Crippen LogP contribution in [0.15, 0.2) is 10.1 Å². The molecular weight excluding hydrogens is 727 g/mol. The molecule has 0 amide bonds. The Labute approximate surface area is 240 Å². The van der Waals surface area contributed by atoms with E-state index in [1.165, 1.54) is 13.8 Å². The molecule has 0 fully saturated rings. The lowest BCUT2D eigenvalue weighted by Gasteiger charge is -2.44. The highest BCUT2D eigenvalue weighted by atomic mass is 32.1. The van der Waals surface area contributed by atoms with Crippen LogP contribution < -0.4 is 0 Å². The number of hydrogen-bond acceptors (Lipinski definition) is 3. The third-order valence-corrected chi connectivity index (χ3v) is 7.04. The minimum atomic E-state index is -9.22. The fourth-order valence-corrected chi connectivity index (χ4v) is 4.35. The van der Waals surface area contributed by atoms with Gasteiger partial charge in [-0.25, -0.2) is 0 Å². The van der Waals surface area contributed by atoms with Crippen LogP contribution >= 0.6 is 37.5 Å². The number of rotatable bonds is 11. The molecule has 0 aliphatic rings. The molecular formula is C17H11F21N2S3. The van der Waals surface area contributed by atoms with Crippen LogP contribution in [-0.2, 0) is 6.54 Å². The second-order valence-electron chi connectivity index (χ2n) is 8.78. The van der Waals surface area contributed by atoms with Crippen LogP contribution in [0.25, 0.3) is 0 Å². The lowest BCUT2D eigenvalue weighted by atomic mass is 9.86. The number of imidazole rings is 1. The van der Waals surface area contributed by atoms with E-state index >= 15 is 0 Å². The molecule has 43 heavy (non-hydrogen) atoms. The van der Waals surface area contributed by atoms with E-state index in [4.69, 9.17) is 0 Å². The summed E-state index contributed by atoms with van der Waals surface area (Å²) < 4.78 is 283. The third kappa shape index (κ3) is 5.15. The summed E-state index contributed by atoms with van der Waals surface area (Å²) in [5.41, 5.74) is 0. The maximum absolute atomic E-state index is 14.4. The van der Waals surface area contributed by atoms with Crippen molar-refractivity contribution in [1.29, 1.82) is 0 Å². The number of aromatic nitrogens is 2. The van der Waals surface area contributed by atoms with Crippen LogP contribution in [0.1, 0.15) is 19.9 Å². The molecule has 1 aromatic heterocycles. The molecule has 0 saturated carbocycles. The second-order valence-corrected chi connectivity index (χ2v) is 9.99. The Morgan fingerprint density at radius 3 is 1.05 bits per heavy atom. The summed E-state index contributed by atoms with van der Waals surface area (Å²) in [7, 11) is 0. The molecule has 254 valence electrons. The van der Waals surface area contributed by atoms with Crippen LogP contribution in [0.4, 0.5) is 92.2 Å². The molecule has 0 aromatic carbocycles. The fraction of sp³-hybridized carbons (Fsp3) is 0.824. The van der Waals surface area contributed by atoms with Crippen LogP contribution in [0.2, 0.25) is 0 Å². The molecule has 0 atom stereocenters. The monoisotopic (exact) mass is 738 g/mol. The standard InChI is InChI=1S/C17H11F21N2S3/c1-4(2)40-6(42)5(41)39(7(40)43)3-8(18,19)9(20,21)10(22,23)11(24,25)12(26,27)13(28,29)14(30,31)15(32,33)16(34,35)17(36,37)38/h4,41-42H,3H2,1-2H3. The van der Waals surface area contributed by atoms with E-state index in [0.717, 1.165) is 0 Å². The lowest BCUT2D eigenvalue weighted by molar-refractivity contribution is -0.474. The zero-order chi connectivity index (χ0) is 35.2. The first-order chi connectivity index (χ1) is 18.4. The summed E-state index contributed by atoms with van der Waals surface area (Å²) in [6.45, 7) is -0.591. The van der Waals surface area contributed by atoms with Crippen molar-refractivity contribution < 1.29 is 92.2 Å². The van der Waals surface area contributed by atoms with Gasteiger partial charge in [-0.1, -0.05) is 0 Å². The summed E-state index contributed by atoms with van der Waals surface area (Å²) in [6, 6.07) is -0.905. The highest BCUT2D eigenvalue weighted by Crippen LogP contribution is 2.66. The Morgan fingerprint density at radius 1 is 0.512 bits per heavy atom. The first kappa shape index (κ1) is 39.7. The van der Waals surface area contributed by atoms with Crippen molar-refractivity contribution in [2.24, 2.45) is 0 Å². The van der Waals surface area contributed by atoms with Gasteiger partial charge in [-0.05, 0) is 26.1 Å². The molecule has 1 rings (SSSR count). The van der Waals surface area contributed by atoms with E-state index in [2.05, 4.69) is 37.5 Å². The Balaban J connectivity index is 3.83. The smallest absolute Gasteiger partial charge is 0.309 e. The largest absolute Gasteiger partial charge is 0.460 e. The van der Waals surface area contributed by atoms with Gasteiger partial charge in [0.05, 0.1) is 6.54 Å². The van der Waals surface area contributed by atoms with Crippen LogP contribution in [-0.4, -0.2) is 68.6 Å². The molecule has 0 bridgehead atoms. The predicted octanol–water partition coefficient (Wildman–Crippen LogP) is 9.46. The first-order valence-corrected chi connectivity index (χ1v) is 11.4. The van der Waals surface area contributed by atoms with Gasteiger partial charge in [0.15, 0.2) is 4.77 Å². The Hall–Kier alpha value is -1.34. The average Bonchev–Trinajstić information content (AvgIpc) is 2.99. The normalized spacial score (nSPS) is 16.0. The van der Waals surface area contributed by atoms with E-state index in [0.29, 0.717) is 4.57 Å². The molecule has 0 aliphatic heterocycles. The highest BCUT2D eigenvalue weighted by molar-refractivity contribution is 7.83. The molecule has 0 aliphatic carbocycles. The number of hydrogen-bond donors (Lipinski definition) is 2.